The molecule has 0 radical (unpaired) electrons. The fraction of sp³-hybridized carbons (Fsp3) is 0.364. The lowest BCUT2D eigenvalue weighted by Crippen LogP contribution is -2.31. The van der Waals surface area contributed by atoms with E-state index in [1.54, 1.807) is 6.07 Å². The van der Waals surface area contributed by atoms with Crippen LogP contribution in [0.1, 0.15) is 45.7 Å². The van der Waals surface area contributed by atoms with E-state index < -0.39 is 0 Å². The zero-order valence-corrected chi connectivity index (χ0v) is 16.0. The average Bonchev–Trinajstić information content (AvgIpc) is 2.52. The molecule has 0 aromatic heterocycles. The number of aliphatic hydroxyl groups is 1. The molecule has 0 saturated heterocycles. The molecule has 0 fully saturated rings. The molecule has 0 spiro atoms. The summed E-state index contributed by atoms with van der Waals surface area (Å²) in [6.07, 6.45) is 2.09. The maximum absolute atomic E-state index is 13.8. The van der Waals surface area contributed by atoms with E-state index in [-0.39, 0.29) is 24.1 Å². The van der Waals surface area contributed by atoms with Crippen molar-refractivity contribution in [2.24, 2.45) is 0 Å². The molecule has 1 aliphatic rings. The average molecular weight is 355 g/mol. The molecule has 1 aliphatic heterocycles. The van der Waals surface area contributed by atoms with Gasteiger partial charge in [-0.3, -0.25) is 0 Å². The van der Waals surface area contributed by atoms with E-state index in [4.69, 9.17) is 4.74 Å². The SMILES string of the molecule is CC1=CC(C)(C)Nc2ccc(-c3ccc(F)cc3OC(C)C)c(CO)c21. The number of ether oxygens (including phenoxy) is 1. The van der Waals surface area contributed by atoms with Gasteiger partial charge in [-0.05, 0) is 69.5 Å². The Morgan fingerprint density at radius 2 is 1.85 bits per heavy atom. The molecule has 3 rings (SSSR count). The zero-order chi connectivity index (χ0) is 19.1. The monoisotopic (exact) mass is 355 g/mol. The Morgan fingerprint density at radius 3 is 2.50 bits per heavy atom. The number of fused-ring (bicyclic) bond motifs is 1. The van der Waals surface area contributed by atoms with Crippen molar-refractivity contribution in [3.63, 3.8) is 0 Å². The van der Waals surface area contributed by atoms with Gasteiger partial charge >= 0.3 is 0 Å². The van der Waals surface area contributed by atoms with Gasteiger partial charge in [0, 0.05) is 22.9 Å². The van der Waals surface area contributed by atoms with Crippen molar-refractivity contribution in [1.82, 2.24) is 0 Å². The van der Waals surface area contributed by atoms with Crippen LogP contribution in [0.2, 0.25) is 0 Å². The number of halogens is 1. The molecule has 1 heterocycles. The van der Waals surface area contributed by atoms with Gasteiger partial charge in [0.2, 0.25) is 0 Å². The summed E-state index contributed by atoms with van der Waals surface area (Å²) in [5.41, 5.74) is 5.43. The Balaban J connectivity index is 2.21. The van der Waals surface area contributed by atoms with Crippen LogP contribution < -0.4 is 10.1 Å². The minimum Gasteiger partial charge on any atom is -0.490 e. The summed E-state index contributed by atoms with van der Waals surface area (Å²) in [5.74, 6) is 0.146. The van der Waals surface area contributed by atoms with Crippen LogP contribution in [0.4, 0.5) is 10.1 Å². The second-order valence-corrected chi connectivity index (χ2v) is 7.65. The smallest absolute Gasteiger partial charge is 0.130 e. The number of benzene rings is 2. The molecule has 0 bridgehead atoms. The summed E-state index contributed by atoms with van der Waals surface area (Å²) in [5, 5.41) is 13.6. The first-order valence-corrected chi connectivity index (χ1v) is 8.93. The quantitative estimate of drug-likeness (QED) is 0.774. The molecule has 2 N–H and O–H groups in total. The topological polar surface area (TPSA) is 41.5 Å². The molecule has 4 heteroatoms. The minimum atomic E-state index is -0.340. The second kappa shape index (κ2) is 6.76. The highest BCUT2D eigenvalue weighted by atomic mass is 19.1. The van der Waals surface area contributed by atoms with Crippen LogP contribution in [0.3, 0.4) is 0 Å². The third-order valence-corrected chi connectivity index (χ3v) is 4.50. The molecule has 138 valence electrons. The maximum Gasteiger partial charge on any atom is 0.130 e. The molecule has 2 aromatic rings. The molecule has 26 heavy (non-hydrogen) atoms. The van der Waals surface area contributed by atoms with Gasteiger partial charge in [0.25, 0.3) is 0 Å². The van der Waals surface area contributed by atoms with Gasteiger partial charge in [0.15, 0.2) is 0 Å². The number of anilines is 1. The zero-order valence-electron chi connectivity index (χ0n) is 16.0. The van der Waals surface area contributed by atoms with Crippen molar-refractivity contribution >= 4 is 11.3 Å². The lowest BCUT2D eigenvalue weighted by Gasteiger charge is -2.33. The normalized spacial score (nSPS) is 15.3. The Kier molecular flexibility index (Phi) is 4.80. The van der Waals surface area contributed by atoms with Gasteiger partial charge in [0.05, 0.1) is 18.2 Å². The third kappa shape index (κ3) is 3.47. The lowest BCUT2D eigenvalue weighted by molar-refractivity contribution is 0.242. The third-order valence-electron chi connectivity index (χ3n) is 4.50. The first kappa shape index (κ1) is 18.5. The Hall–Kier alpha value is -2.33. The number of allylic oxidation sites excluding steroid dienone is 1. The van der Waals surface area contributed by atoms with E-state index in [0.717, 1.165) is 33.5 Å². The van der Waals surface area contributed by atoms with E-state index in [1.165, 1.54) is 12.1 Å². The van der Waals surface area contributed by atoms with Crippen molar-refractivity contribution < 1.29 is 14.2 Å². The van der Waals surface area contributed by atoms with Gasteiger partial charge in [-0.25, -0.2) is 4.39 Å². The summed E-state index contributed by atoms with van der Waals surface area (Å²) in [7, 11) is 0. The fourth-order valence-electron chi connectivity index (χ4n) is 3.69. The van der Waals surface area contributed by atoms with Crippen molar-refractivity contribution in [2.75, 3.05) is 5.32 Å². The summed E-state index contributed by atoms with van der Waals surface area (Å²) >= 11 is 0. The highest BCUT2D eigenvalue weighted by Gasteiger charge is 2.26. The number of aliphatic hydroxyl groups excluding tert-OH is 1. The molecular weight excluding hydrogens is 329 g/mol. The van der Waals surface area contributed by atoms with Gasteiger partial charge in [-0.2, -0.15) is 0 Å². The minimum absolute atomic E-state index is 0.0742. The molecular formula is C22H26FNO2. The van der Waals surface area contributed by atoms with E-state index in [0.29, 0.717) is 5.75 Å². The van der Waals surface area contributed by atoms with Crippen LogP contribution in [-0.2, 0) is 6.61 Å². The summed E-state index contributed by atoms with van der Waals surface area (Å²) < 4.78 is 19.6. The number of nitrogens with one attached hydrogen (secondary N) is 1. The molecule has 0 atom stereocenters. The Labute approximate surface area is 154 Å². The predicted molar refractivity (Wildman–Crippen MR) is 105 cm³/mol. The van der Waals surface area contributed by atoms with Crippen molar-refractivity contribution in [3.05, 3.63) is 53.4 Å². The first-order valence-electron chi connectivity index (χ1n) is 8.93. The molecule has 2 aromatic carbocycles. The summed E-state index contributed by atoms with van der Waals surface area (Å²) in [6, 6.07) is 8.53. The fourth-order valence-corrected chi connectivity index (χ4v) is 3.69. The van der Waals surface area contributed by atoms with E-state index in [9.17, 15) is 9.50 Å². The van der Waals surface area contributed by atoms with E-state index in [1.807, 2.05) is 26.0 Å². The second-order valence-electron chi connectivity index (χ2n) is 7.65. The Bertz CT molecular complexity index is 869. The standard InChI is InChI=1S/C22H26FNO2/c1-13(2)26-20-10-15(23)6-7-17(20)16-8-9-19-21(18(16)12-25)14(3)11-22(4,5)24-19/h6-11,13,24-25H,12H2,1-5H3. The van der Waals surface area contributed by atoms with Crippen LogP contribution in [0.25, 0.3) is 16.7 Å². The Morgan fingerprint density at radius 1 is 1.15 bits per heavy atom. The molecule has 0 aliphatic carbocycles. The molecule has 0 unspecified atom stereocenters. The molecule has 0 amide bonds. The number of hydrogen-bond acceptors (Lipinski definition) is 3. The summed E-state index contributed by atoms with van der Waals surface area (Å²) in [6.45, 7) is 9.99. The van der Waals surface area contributed by atoms with Crippen LogP contribution in [0.5, 0.6) is 5.75 Å². The van der Waals surface area contributed by atoms with Crippen LogP contribution >= 0.6 is 0 Å². The lowest BCUT2D eigenvalue weighted by atomic mass is 9.85. The van der Waals surface area contributed by atoms with Crippen molar-refractivity contribution in [3.8, 4) is 16.9 Å². The maximum atomic E-state index is 13.8. The van der Waals surface area contributed by atoms with Crippen molar-refractivity contribution in [2.45, 2.75) is 52.9 Å². The van der Waals surface area contributed by atoms with Gasteiger partial charge in [0.1, 0.15) is 11.6 Å². The highest BCUT2D eigenvalue weighted by molar-refractivity contribution is 5.88. The number of hydrogen-bond donors (Lipinski definition) is 2. The van der Waals surface area contributed by atoms with Gasteiger partial charge in [-0.1, -0.05) is 12.1 Å². The van der Waals surface area contributed by atoms with Crippen LogP contribution in [-0.4, -0.2) is 16.7 Å². The van der Waals surface area contributed by atoms with E-state index in [2.05, 4.69) is 32.2 Å². The van der Waals surface area contributed by atoms with Gasteiger partial charge in [-0.15, -0.1) is 0 Å². The number of rotatable bonds is 4. The van der Waals surface area contributed by atoms with Crippen LogP contribution in [0.15, 0.2) is 36.4 Å². The first-order chi connectivity index (χ1) is 12.2. The highest BCUT2D eigenvalue weighted by Crippen LogP contribution is 2.42. The predicted octanol–water partition coefficient (Wildman–Crippen LogP) is 5.38. The van der Waals surface area contributed by atoms with Gasteiger partial charge < -0.3 is 15.2 Å². The van der Waals surface area contributed by atoms with Crippen LogP contribution in [0, 0.1) is 5.82 Å². The molecule has 0 saturated carbocycles. The van der Waals surface area contributed by atoms with Crippen molar-refractivity contribution in [1.29, 1.82) is 0 Å². The van der Waals surface area contributed by atoms with E-state index >= 15 is 0 Å². The molecule has 3 nitrogen and oxygen atoms in total. The largest absolute Gasteiger partial charge is 0.490 e. The summed E-state index contributed by atoms with van der Waals surface area (Å²) in [4.78, 5) is 0.